The van der Waals surface area contributed by atoms with Crippen molar-refractivity contribution in [1.29, 1.82) is 0 Å². The van der Waals surface area contributed by atoms with Gasteiger partial charge in [-0.3, -0.25) is 9.48 Å². The number of hydrogen-bond acceptors (Lipinski definition) is 4. The van der Waals surface area contributed by atoms with Crippen LogP contribution in [0.5, 0.6) is 0 Å². The van der Waals surface area contributed by atoms with Gasteiger partial charge in [0.2, 0.25) is 0 Å². The van der Waals surface area contributed by atoms with Crippen LogP contribution in [-0.4, -0.2) is 25.5 Å². The number of amides is 1. The molecule has 4 rings (SSSR count). The van der Waals surface area contributed by atoms with E-state index in [9.17, 15) is 4.79 Å². The Balaban J connectivity index is 1.53. The van der Waals surface area contributed by atoms with Crippen LogP contribution in [0.1, 0.15) is 27.3 Å². The van der Waals surface area contributed by atoms with Gasteiger partial charge in [-0.2, -0.15) is 10.2 Å². The van der Waals surface area contributed by atoms with Crippen molar-refractivity contribution in [3.05, 3.63) is 51.1 Å². The lowest BCUT2D eigenvalue weighted by Crippen LogP contribution is -2.16. The maximum Gasteiger partial charge on any atom is 0.260 e. The Hall–Kier alpha value is -2.12. The number of carbonyl (C=O) groups is 1. The zero-order chi connectivity index (χ0) is 15.8. The maximum atomic E-state index is 12.5. The Morgan fingerprint density at radius 1 is 1.35 bits per heavy atom. The first-order chi connectivity index (χ1) is 11.2. The Bertz CT molecular complexity index is 865. The molecule has 6 nitrogen and oxygen atoms in total. The first-order valence-corrected chi connectivity index (χ1v) is 8.52. The Morgan fingerprint density at radius 2 is 2.26 bits per heavy atom. The van der Waals surface area contributed by atoms with Gasteiger partial charge in [-0.1, -0.05) is 11.6 Å². The van der Waals surface area contributed by atoms with Crippen LogP contribution in [0.2, 0.25) is 4.34 Å². The predicted molar refractivity (Wildman–Crippen MR) is 89.2 cm³/mol. The Kier molecular flexibility index (Phi) is 3.66. The van der Waals surface area contributed by atoms with Gasteiger partial charge in [0.25, 0.3) is 5.91 Å². The van der Waals surface area contributed by atoms with Crippen LogP contribution in [0.3, 0.4) is 0 Å². The summed E-state index contributed by atoms with van der Waals surface area (Å²) in [6.07, 6.45) is 5.26. The van der Waals surface area contributed by atoms with E-state index in [1.54, 1.807) is 23.1 Å². The van der Waals surface area contributed by atoms with Crippen molar-refractivity contribution in [1.82, 2.24) is 19.6 Å². The van der Waals surface area contributed by atoms with Crippen LogP contribution in [0.15, 0.2) is 30.6 Å². The lowest BCUT2D eigenvalue weighted by atomic mass is 10.2. The highest BCUT2D eigenvalue weighted by molar-refractivity contribution is 7.16. The summed E-state index contributed by atoms with van der Waals surface area (Å²) in [5, 5.41) is 11.5. The second kappa shape index (κ2) is 5.82. The second-order valence-corrected chi connectivity index (χ2v) is 7.17. The highest BCUT2D eigenvalue weighted by Crippen LogP contribution is 2.24. The van der Waals surface area contributed by atoms with Crippen LogP contribution >= 0.6 is 22.9 Å². The van der Waals surface area contributed by atoms with Crippen molar-refractivity contribution >= 4 is 34.7 Å². The summed E-state index contributed by atoms with van der Waals surface area (Å²) in [4.78, 5) is 13.6. The highest BCUT2D eigenvalue weighted by Gasteiger charge is 2.21. The van der Waals surface area contributed by atoms with Crippen molar-refractivity contribution in [2.75, 3.05) is 5.32 Å². The van der Waals surface area contributed by atoms with E-state index < -0.39 is 0 Å². The third kappa shape index (κ3) is 2.77. The third-order valence-electron chi connectivity index (χ3n) is 3.87. The standard InChI is InChI=1S/C15H14ClN5OS/c16-13-4-3-10(23-13)9-21-14(5-6-17-21)19-15(22)11-8-18-20-7-1-2-12(11)20/h3-6,8H,1-2,7,9H2,(H,19,22). The topological polar surface area (TPSA) is 64.7 Å². The number of aryl methyl sites for hydroxylation is 1. The molecule has 0 spiro atoms. The monoisotopic (exact) mass is 347 g/mol. The fourth-order valence-electron chi connectivity index (χ4n) is 2.79. The van der Waals surface area contributed by atoms with E-state index >= 15 is 0 Å². The molecule has 118 valence electrons. The quantitative estimate of drug-likeness (QED) is 0.789. The number of hydrogen-bond donors (Lipinski definition) is 1. The molecule has 3 aromatic rings. The van der Waals surface area contributed by atoms with E-state index in [2.05, 4.69) is 15.5 Å². The zero-order valence-electron chi connectivity index (χ0n) is 12.2. The summed E-state index contributed by atoms with van der Waals surface area (Å²) in [7, 11) is 0. The molecule has 0 bridgehead atoms. The molecule has 3 aromatic heterocycles. The summed E-state index contributed by atoms with van der Waals surface area (Å²) in [5.74, 6) is 0.525. The molecule has 1 N–H and O–H groups in total. The van der Waals surface area contributed by atoms with Crippen molar-refractivity contribution in [2.45, 2.75) is 25.9 Å². The van der Waals surface area contributed by atoms with Crippen molar-refractivity contribution < 1.29 is 4.79 Å². The van der Waals surface area contributed by atoms with Crippen molar-refractivity contribution in [2.24, 2.45) is 0 Å². The largest absolute Gasteiger partial charge is 0.307 e. The molecule has 8 heteroatoms. The molecule has 1 amide bonds. The SMILES string of the molecule is O=C(Nc1ccnn1Cc1ccc(Cl)s1)c1cnn2c1CCC2. The minimum Gasteiger partial charge on any atom is -0.307 e. The summed E-state index contributed by atoms with van der Waals surface area (Å²) in [6.45, 7) is 1.46. The lowest BCUT2D eigenvalue weighted by molar-refractivity contribution is 0.102. The summed E-state index contributed by atoms with van der Waals surface area (Å²) < 4.78 is 4.40. The number of nitrogens with zero attached hydrogens (tertiary/aromatic N) is 4. The van der Waals surface area contributed by atoms with E-state index in [0.29, 0.717) is 17.9 Å². The smallest absolute Gasteiger partial charge is 0.260 e. The average molecular weight is 348 g/mol. The molecule has 0 atom stereocenters. The lowest BCUT2D eigenvalue weighted by Gasteiger charge is -2.08. The van der Waals surface area contributed by atoms with Crippen LogP contribution in [0.25, 0.3) is 0 Å². The number of halogens is 1. The second-order valence-electron chi connectivity index (χ2n) is 5.37. The first-order valence-electron chi connectivity index (χ1n) is 7.33. The molecule has 1 aliphatic heterocycles. The van der Waals surface area contributed by atoms with Gasteiger partial charge >= 0.3 is 0 Å². The minimum absolute atomic E-state index is 0.140. The van der Waals surface area contributed by atoms with Gasteiger partial charge in [-0.25, -0.2) is 4.68 Å². The van der Waals surface area contributed by atoms with Crippen LogP contribution in [0, 0.1) is 0 Å². The number of fused-ring (bicyclic) bond motifs is 1. The van der Waals surface area contributed by atoms with E-state index in [0.717, 1.165) is 34.3 Å². The van der Waals surface area contributed by atoms with Gasteiger partial charge in [0.05, 0.1) is 34.5 Å². The van der Waals surface area contributed by atoms with Crippen LogP contribution in [-0.2, 0) is 19.5 Å². The van der Waals surface area contributed by atoms with Crippen LogP contribution < -0.4 is 5.32 Å². The highest BCUT2D eigenvalue weighted by atomic mass is 35.5. The summed E-state index contributed by atoms with van der Waals surface area (Å²) >= 11 is 7.46. The third-order valence-corrected chi connectivity index (χ3v) is 5.09. The summed E-state index contributed by atoms with van der Waals surface area (Å²) in [6, 6.07) is 5.61. The molecule has 0 saturated heterocycles. The number of aromatic nitrogens is 4. The summed E-state index contributed by atoms with van der Waals surface area (Å²) in [5.41, 5.74) is 1.66. The average Bonchev–Trinajstić information content (AvgIpc) is 3.25. The van der Waals surface area contributed by atoms with E-state index in [-0.39, 0.29) is 5.91 Å². The van der Waals surface area contributed by atoms with E-state index in [1.807, 2.05) is 16.8 Å². The predicted octanol–water partition coefficient (Wildman–Crippen LogP) is 3.04. The fraction of sp³-hybridized carbons (Fsp3) is 0.267. The van der Waals surface area contributed by atoms with Gasteiger partial charge < -0.3 is 5.32 Å². The van der Waals surface area contributed by atoms with Gasteiger partial charge in [-0.05, 0) is 25.0 Å². The molecule has 4 heterocycles. The molecule has 1 aliphatic rings. The van der Waals surface area contributed by atoms with Gasteiger partial charge in [0.15, 0.2) is 0 Å². The molecule has 23 heavy (non-hydrogen) atoms. The normalized spacial score (nSPS) is 13.3. The number of rotatable bonds is 4. The Morgan fingerprint density at radius 3 is 3.09 bits per heavy atom. The number of carbonyl (C=O) groups excluding carboxylic acids is 1. The van der Waals surface area contributed by atoms with Gasteiger partial charge in [0.1, 0.15) is 5.82 Å². The first kappa shape index (κ1) is 14.5. The maximum absolute atomic E-state index is 12.5. The minimum atomic E-state index is -0.140. The molecule has 0 aromatic carbocycles. The number of nitrogens with one attached hydrogen (secondary N) is 1. The van der Waals surface area contributed by atoms with Crippen LogP contribution in [0.4, 0.5) is 5.82 Å². The Labute approximate surface area is 141 Å². The molecule has 0 aliphatic carbocycles. The molecule has 0 fully saturated rings. The zero-order valence-corrected chi connectivity index (χ0v) is 13.8. The fourth-order valence-corrected chi connectivity index (χ4v) is 3.86. The van der Waals surface area contributed by atoms with E-state index in [1.165, 1.54) is 11.3 Å². The van der Waals surface area contributed by atoms with E-state index in [4.69, 9.17) is 11.6 Å². The van der Waals surface area contributed by atoms with Crippen molar-refractivity contribution in [3.8, 4) is 0 Å². The molecular weight excluding hydrogens is 334 g/mol. The van der Waals surface area contributed by atoms with Gasteiger partial charge in [0, 0.05) is 17.5 Å². The molecule has 0 radical (unpaired) electrons. The van der Waals surface area contributed by atoms with Gasteiger partial charge in [-0.15, -0.1) is 11.3 Å². The molecule has 0 unspecified atom stereocenters. The number of anilines is 1. The molecule has 0 saturated carbocycles. The molecular formula is C15H14ClN5OS. The number of thiophene rings is 1. The van der Waals surface area contributed by atoms with Crippen molar-refractivity contribution in [3.63, 3.8) is 0 Å².